The summed E-state index contributed by atoms with van der Waals surface area (Å²) >= 11 is 0. The molecule has 0 radical (unpaired) electrons. The number of carbonyl (C=O) groups is 1. The highest BCUT2D eigenvalue weighted by atomic mass is 16.2. The van der Waals surface area contributed by atoms with Crippen LogP contribution < -0.4 is 5.32 Å². The molecule has 21 heavy (non-hydrogen) atoms. The quantitative estimate of drug-likeness (QED) is 0.895. The van der Waals surface area contributed by atoms with Gasteiger partial charge in [0.1, 0.15) is 0 Å². The Kier molecular flexibility index (Phi) is 4.05. The Morgan fingerprint density at radius 3 is 2.71 bits per heavy atom. The van der Waals surface area contributed by atoms with Crippen molar-refractivity contribution in [3.05, 3.63) is 35.9 Å². The Hall–Kier alpha value is -1.31. The van der Waals surface area contributed by atoms with Gasteiger partial charge < -0.3 is 5.32 Å². The van der Waals surface area contributed by atoms with E-state index in [0.717, 1.165) is 12.8 Å². The topological polar surface area (TPSA) is 29.1 Å². The zero-order valence-electron chi connectivity index (χ0n) is 13.3. The summed E-state index contributed by atoms with van der Waals surface area (Å²) in [6.45, 7) is 4.67. The first kappa shape index (κ1) is 14.6. The molecule has 1 saturated carbocycles. The van der Waals surface area contributed by atoms with Gasteiger partial charge in [0.05, 0.1) is 0 Å². The SMILES string of the molecule is CC(C)C1CCCCC12CC(=O)NC2Cc1ccccc1. The van der Waals surface area contributed by atoms with Crippen molar-refractivity contribution in [3.63, 3.8) is 0 Å². The van der Waals surface area contributed by atoms with Gasteiger partial charge in [-0.3, -0.25) is 4.79 Å². The van der Waals surface area contributed by atoms with Crippen LogP contribution >= 0.6 is 0 Å². The van der Waals surface area contributed by atoms with Crippen LogP contribution in [0.1, 0.15) is 51.5 Å². The van der Waals surface area contributed by atoms with Crippen LogP contribution in [0.2, 0.25) is 0 Å². The molecule has 1 aromatic carbocycles. The number of benzene rings is 1. The van der Waals surface area contributed by atoms with E-state index in [-0.39, 0.29) is 11.3 Å². The lowest BCUT2D eigenvalue weighted by molar-refractivity contribution is -0.120. The number of amides is 1. The average Bonchev–Trinajstić information content (AvgIpc) is 2.76. The van der Waals surface area contributed by atoms with Crippen molar-refractivity contribution >= 4 is 5.91 Å². The van der Waals surface area contributed by atoms with Crippen LogP contribution in [0.15, 0.2) is 30.3 Å². The van der Waals surface area contributed by atoms with Crippen molar-refractivity contribution in [1.82, 2.24) is 5.32 Å². The molecule has 1 aliphatic carbocycles. The molecule has 1 aromatic rings. The van der Waals surface area contributed by atoms with E-state index in [9.17, 15) is 4.79 Å². The molecule has 2 heteroatoms. The van der Waals surface area contributed by atoms with Gasteiger partial charge in [0.15, 0.2) is 0 Å². The summed E-state index contributed by atoms with van der Waals surface area (Å²) in [5.41, 5.74) is 1.54. The summed E-state index contributed by atoms with van der Waals surface area (Å²) in [4.78, 5) is 12.2. The molecule has 3 rings (SSSR count). The van der Waals surface area contributed by atoms with Crippen molar-refractivity contribution in [2.45, 2.75) is 58.4 Å². The van der Waals surface area contributed by atoms with E-state index < -0.39 is 0 Å². The van der Waals surface area contributed by atoms with Crippen LogP contribution in [0.5, 0.6) is 0 Å². The molecule has 1 aliphatic heterocycles. The van der Waals surface area contributed by atoms with E-state index in [2.05, 4.69) is 49.5 Å². The van der Waals surface area contributed by atoms with Gasteiger partial charge in [-0.2, -0.15) is 0 Å². The molecule has 2 aliphatic rings. The Morgan fingerprint density at radius 1 is 1.24 bits per heavy atom. The third-order valence-corrected chi connectivity index (χ3v) is 5.75. The van der Waals surface area contributed by atoms with E-state index in [4.69, 9.17) is 0 Å². The fourth-order valence-electron chi connectivity index (χ4n) is 4.86. The van der Waals surface area contributed by atoms with E-state index in [1.165, 1.54) is 31.2 Å². The maximum Gasteiger partial charge on any atom is 0.220 e. The molecule has 1 heterocycles. The lowest BCUT2D eigenvalue weighted by atomic mass is 9.58. The van der Waals surface area contributed by atoms with Crippen molar-refractivity contribution in [2.24, 2.45) is 17.3 Å². The van der Waals surface area contributed by atoms with Gasteiger partial charge in [0, 0.05) is 17.9 Å². The number of hydrogen-bond acceptors (Lipinski definition) is 1. The summed E-state index contributed by atoms with van der Waals surface area (Å²) < 4.78 is 0. The van der Waals surface area contributed by atoms with Gasteiger partial charge in [0.2, 0.25) is 5.91 Å². The minimum Gasteiger partial charge on any atom is -0.352 e. The number of rotatable bonds is 3. The number of hydrogen-bond donors (Lipinski definition) is 1. The van der Waals surface area contributed by atoms with E-state index in [0.29, 0.717) is 17.9 Å². The molecular formula is C19H27NO. The molecule has 1 saturated heterocycles. The molecule has 114 valence electrons. The minimum absolute atomic E-state index is 0.194. The standard InChI is InChI=1S/C19H27NO/c1-14(2)16-10-6-7-11-19(16)13-18(21)20-17(19)12-15-8-4-3-5-9-15/h3-5,8-9,14,16-17H,6-7,10-13H2,1-2H3,(H,20,21). The van der Waals surface area contributed by atoms with Crippen LogP contribution in [0.25, 0.3) is 0 Å². The summed E-state index contributed by atoms with van der Waals surface area (Å²) in [6, 6.07) is 10.9. The molecule has 1 amide bonds. The summed E-state index contributed by atoms with van der Waals surface area (Å²) in [5, 5.41) is 3.31. The van der Waals surface area contributed by atoms with E-state index in [1.54, 1.807) is 0 Å². The molecule has 0 bridgehead atoms. The predicted molar refractivity (Wildman–Crippen MR) is 85.9 cm³/mol. The monoisotopic (exact) mass is 285 g/mol. The zero-order chi connectivity index (χ0) is 14.9. The Bertz CT molecular complexity index is 496. The van der Waals surface area contributed by atoms with Gasteiger partial charge in [0.25, 0.3) is 0 Å². The molecular weight excluding hydrogens is 258 g/mol. The highest BCUT2D eigenvalue weighted by Gasteiger charge is 2.52. The largest absolute Gasteiger partial charge is 0.352 e. The number of nitrogens with one attached hydrogen (secondary N) is 1. The molecule has 2 fully saturated rings. The summed E-state index contributed by atoms with van der Waals surface area (Å²) in [7, 11) is 0. The fraction of sp³-hybridized carbons (Fsp3) is 0.632. The maximum absolute atomic E-state index is 12.2. The summed E-state index contributed by atoms with van der Waals surface area (Å²) in [6.07, 6.45) is 6.84. The zero-order valence-corrected chi connectivity index (χ0v) is 13.3. The van der Waals surface area contributed by atoms with Crippen molar-refractivity contribution in [3.8, 4) is 0 Å². The summed E-state index contributed by atoms with van der Waals surface area (Å²) in [5.74, 6) is 1.61. The van der Waals surface area contributed by atoms with Crippen molar-refractivity contribution < 1.29 is 4.79 Å². The smallest absolute Gasteiger partial charge is 0.220 e. The van der Waals surface area contributed by atoms with Gasteiger partial charge in [-0.25, -0.2) is 0 Å². The Morgan fingerprint density at radius 2 is 2.00 bits per heavy atom. The number of carbonyl (C=O) groups excluding carboxylic acids is 1. The fourth-order valence-corrected chi connectivity index (χ4v) is 4.86. The second kappa shape index (κ2) is 5.82. The van der Waals surface area contributed by atoms with Gasteiger partial charge >= 0.3 is 0 Å². The normalized spacial score (nSPS) is 32.6. The van der Waals surface area contributed by atoms with E-state index in [1.807, 2.05) is 0 Å². The minimum atomic E-state index is 0.194. The third kappa shape index (κ3) is 2.73. The second-order valence-electron chi connectivity index (χ2n) is 7.32. The van der Waals surface area contributed by atoms with E-state index >= 15 is 0 Å². The first-order chi connectivity index (χ1) is 10.1. The molecule has 3 atom stereocenters. The van der Waals surface area contributed by atoms with Gasteiger partial charge in [-0.15, -0.1) is 0 Å². The highest BCUT2D eigenvalue weighted by Crippen LogP contribution is 2.52. The lowest BCUT2D eigenvalue weighted by Crippen LogP contribution is -2.47. The highest BCUT2D eigenvalue weighted by molar-refractivity contribution is 5.80. The maximum atomic E-state index is 12.2. The molecule has 2 nitrogen and oxygen atoms in total. The van der Waals surface area contributed by atoms with Crippen LogP contribution in [0.4, 0.5) is 0 Å². The molecule has 0 aromatic heterocycles. The Labute approximate surface area is 128 Å². The molecule has 1 N–H and O–H groups in total. The van der Waals surface area contributed by atoms with Crippen LogP contribution in [0, 0.1) is 17.3 Å². The van der Waals surface area contributed by atoms with Crippen molar-refractivity contribution in [2.75, 3.05) is 0 Å². The first-order valence-electron chi connectivity index (χ1n) is 8.45. The lowest BCUT2D eigenvalue weighted by Gasteiger charge is -2.47. The van der Waals surface area contributed by atoms with Crippen molar-refractivity contribution in [1.29, 1.82) is 0 Å². The average molecular weight is 285 g/mol. The Balaban J connectivity index is 1.88. The van der Waals surface area contributed by atoms with Crippen LogP contribution in [-0.2, 0) is 11.2 Å². The second-order valence-corrected chi connectivity index (χ2v) is 7.32. The first-order valence-corrected chi connectivity index (χ1v) is 8.45. The van der Waals surface area contributed by atoms with Crippen LogP contribution in [-0.4, -0.2) is 11.9 Å². The predicted octanol–water partition coefficient (Wildman–Crippen LogP) is 3.95. The van der Waals surface area contributed by atoms with Crippen LogP contribution in [0.3, 0.4) is 0 Å². The van der Waals surface area contributed by atoms with Gasteiger partial charge in [-0.1, -0.05) is 57.0 Å². The third-order valence-electron chi connectivity index (χ3n) is 5.75. The van der Waals surface area contributed by atoms with Gasteiger partial charge in [-0.05, 0) is 36.7 Å². The molecule has 3 unspecified atom stereocenters. The molecule has 1 spiro atoms.